The molecule has 0 aliphatic heterocycles. The first-order chi connectivity index (χ1) is 8.97. The third-order valence-corrected chi connectivity index (χ3v) is 2.08. The second-order valence-electron chi connectivity index (χ2n) is 3.98. The zero-order valence-electron chi connectivity index (χ0n) is 11.5. The van der Waals surface area contributed by atoms with Crippen molar-refractivity contribution in [2.45, 2.75) is 13.8 Å². The molecule has 0 saturated heterocycles. The molecule has 0 radical (unpaired) electrons. The monoisotopic (exact) mass is 256 g/mol. The fraction of sp³-hybridized carbons (Fsp3) is 0.118. The maximum atomic E-state index is 9.60. The number of benzene rings is 1. The van der Waals surface area contributed by atoms with Crippen LogP contribution in [0.4, 0.5) is 0 Å². The molecule has 100 valence electrons. The van der Waals surface area contributed by atoms with Crippen molar-refractivity contribution in [3.8, 4) is 0 Å². The number of hydrogen-bond donors (Lipinski definition) is 1. The van der Waals surface area contributed by atoms with Crippen LogP contribution in [0, 0.1) is 0 Å². The van der Waals surface area contributed by atoms with Crippen LogP contribution in [0.5, 0.6) is 0 Å². The van der Waals surface area contributed by atoms with E-state index in [4.69, 9.17) is 5.11 Å². The molecule has 19 heavy (non-hydrogen) atoms. The van der Waals surface area contributed by atoms with Gasteiger partial charge in [0.1, 0.15) is 0 Å². The van der Waals surface area contributed by atoms with Crippen LogP contribution >= 0.6 is 0 Å². The number of hydrogen-bond acceptors (Lipinski definition) is 1. The van der Waals surface area contributed by atoms with Gasteiger partial charge in [0.15, 0.2) is 0 Å². The summed E-state index contributed by atoms with van der Waals surface area (Å²) in [6.45, 7) is 10.3. The Labute approximate surface area is 115 Å². The normalized spacial score (nSPS) is 10.5. The smallest absolute Gasteiger partial charge is 0.330 e. The second-order valence-corrected chi connectivity index (χ2v) is 3.98. The molecule has 0 aromatic heterocycles. The molecule has 0 aliphatic rings. The number of carboxylic acid groups (broad SMARTS) is 1. The van der Waals surface area contributed by atoms with E-state index >= 15 is 0 Å². The van der Waals surface area contributed by atoms with Crippen LogP contribution in [0.25, 0.3) is 6.08 Å². The molecule has 0 fully saturated rings. The minimum atomic E-state index is -0.935. The lowest BCUT2D eigenvalue weighted by Crippen LogP contribution is -1.92. The first-order valence-corrected chi connectivity index (χ1v) is 5.88. The maximum Gasteiger partial charge on any atom is 0.330 e. The molecule has 1 N–H and O–H groups in total. The Hall–Kier alpha value is -2.35. The first-order valence-electron chi connectivity index (χ1n) is 5.88. The predicted octanol–water partition coefficient (Wildman–Crippen LogP) is 4.48. The molecule has 1 rings (SSSR count). The van der Waals surface area contributed by atoms with Gasteiger partial charge in [0.2, 0.25) is 0 Å². The topological polar surface area (TPSA) is 37.3 Å². The van der Waals surface area contributed by atoms with E-state index in [1.807, 2.05) is 24.3 Å². The van der Waals surface area contributed by atoms with Crippen LogP contribution < -0.4 is 0 Å². The zero-order valence-corrected chi connectivity index (χ0v) is 11.5. The summed E-state index contributed by atoms with van der Waals surface area (Å²) >= 11 is 0. The summed E-state index contributed by atoms with van der Waals surface area (Å²) in [6.07, 6.45) is 7.95. The Morgan fingerprint density at radius 3 is 2.16 bits per heavy atom. The van der Waals surface area contributed by atoms with E-state index < -0.39 is 5.97 Å². The summed E-state index contributed by atoms with van der Waals surface area (Å²) in [5, 5.41) is 7.89. The number of aliphatic carboxylic acids is 1. The van der Waals surface area contributed by atoms with Crippen molar-refractivity contribution >= 4 is 12.0 Å². The highest BCUT2D eigenvalue weighted by atomic mass is 16.4. The molecule has 0 atom stereocenters. The van der Waals surface area contributed by atoms with E-state index in [1.54, 1.807) is 6.08 Å². The van der Waals surface area contributed by atoms with Gasteiger partial charge in [-0.2, -0.15) is 0 Å². The summed E-state index contributed by atoms with van der Waals surface area (Å²) < 4.78 is 0. The fourth-order valence-electron chi connectivity index (χ4n) is 1.03. The fourth-order valence-corrected chi connectivity index (χ4v) is 1.03. The van der Waals surface area contributed by atoms with Crippen LogP contribution in [0.1, 0.15) is 19.4 Å². The standard InChI is InChI=1S/C13H14.C4H6O2/c1-3-7-12(2)10-11-13-8-5-4-6-9-13;1-3(2)4(5)6/h3-11H,1H2,2H3;1H2,2H3,(H,5,6). The average molecular weight is 256 g/mol. The number of rotatable bonds is 4. The van der Waals surface area contributed by atoms with Gasteiger partial charge < -0.3 is 5.11 Å². The SMILES string of the molecule is C=C(C)C(=O)O.C=CC=C(C)C=Cc1ccccc1. The van der Waals surface area contributed by atoms with Crippen molar-refractivity contribution in [3.63, 3.8) is 0 Å². The molecular formula is C17H20O2. The van der Waals surface area contributed by atoms with Crippen LogP contribution in [0.3, 0.4) is 0 Å². The van der Waals surface area contributed by atoms with Gasteiger partial charge in [0.25, 0.3) is 0 Å². The highest BCUT2D eigenvalue weighted by Crippen LogP contribution is 2.04. The van der Waals surface area contributed by atoms with Crippen LogP contribution in [-0.2, 0) is 4.79 Å². The molecule has 0 amide bonds. The lowest BCUT2D eigenvalue weighted by Gasteiger charge is -1.91. The predicted molar refractivity (Wildman–Crippen MR) is 81.9 cm³/mol. The molecule has 0 heterocycles. The Balaban J connectivity index is 0.000000459. The molecule has 0 bridgehead atoms. The van der Waals surface area contributed by atoms with Crippen LogP contribution in [0.15, 0.2) is 72.9 Å². The van der Waals surface area contributed by atoms with Gasteiger partial charge in [-0.15, -0.1) is 0 Å². The molecule has 0 aliphatic carbocycles. The van der Waals surface area contributed by atoms with E-state index in [0.717, 1.165) is 0 Å². The molecule has 0 unspecified atom stereocenters. The molecule has 0 saturated carbocycles. The van der Waals surface area contributed by atoms with E-state index in [9.17, 15) is 4.79 Å². The number of carboxylic acids is 1. The van der Waals surface area contributed by atoms with Crippen molar-refractivity contribution in [1.29, 1.82) is 0 Å². The average Bonchev–Trinajstić information content (AvgIpc) is 2.38. The van der Waals surface area contributed by atoms with Gasteiger partial charge in [-0.25, -0.2) is 4.79 Å². The largest absolute Gasteiger partial charge is 0.478 e. The van der Waals surface area contributed by atoms with Crippen LogP contribution in [0.2, 0.25) is 0 Å². The summed E-state index contributed by atoms with van der Waals surface area (Å²) in [4.78, 5) is 9.60. The third kappa shape index (κ3) is 9.36. The van der Waals surface area contributed by atoms with Crippen molar-refractivity contribution < 1.29 is 9.90 Å². The molecule has 2 heteroatoms. The van der Waals surface area contributed by atoms with Gasteiger partial charge in [-0.1, -0.05) is 73.4 Å². The summed E-state index contributed by atoms with van der Waals surface area (Å²) in [5.74, 6) is -0.935. The Morgan fingerprint density at radius 1 is 1.21 bits per heavy atom. The summed E-state index contributed by atoms with van der Waals surface area (Å²) in [7, 11) is 0. The van der Waals surface area contributed by atoms with Crippen LogP contribution in [-0.4, -0.2) is 11.1 Å². The quantitative estimate of drug-likeness (QED) is 0.637. The number of allylic oxidation sites excluding steroid dienone is 4. The van der Waals surface area contributed by atoms with Crippen molar-refractivity contribution in [1.82, 2.24) is 0 Å². The van der Waals surface area contributed by atoms with Gasteiger partial charge in [-0.3, -0.25) is 0 Å². The van der Waals surface area contributed by atoms with E-state index in [2.05, 4.69) is 44.4 Å². The minimum absolute atomic E-state index is 0.176. The molecule has 2 nitrogen and oxygen atoms in total. The Bertz CT molecular complexity index is 467. The molecule has 0 spiro atoms. The Morgan fingerprint density at radius 2 is 1.74 bits per heavy atom. The van der Waals surface area contributed by atoms with Gasteiger partial charge in [0, 0.05) is 5.57 Å². The highest BCUT2D eigenvalue weighted by molar-refractivity contribution is 5.84. The van der Waals surface area contributed by atoms with E-state index in [0.29, 0.717) is 0 Å². The molecule has 1 aromatic rings. The van der Waals surface area contributed by atoms with E-state index in [1.165, 1.54) is 18.1 Å². The number of carbonyl (C=O) groups is 1. The zero-order chi connectivity index (χ0) is 14.7. The highest BCUT2D eigenvalue weighted by Gasteiger charge is 1.90. The first kappa shape index (κ1) is 16.7. The Kier molecular flexibility index (Phi) is 8.46. The van der Waals surface area contributed by atoms with Crippen molar-refractivity contribution in [2.24, 2.45) is 0 Å². The lowest BCUT2D eigenvalue weighted by atomic mass is 10.1. The molecule has 1 aromatic carbocycles. The lowest BCUT2D eigenvalue weighted by molar-refractivity contribution is -0.132. The van der Waals surface area contributed by atoms with Gasteiger partial charge >= 0.3 is 5.97 Å². The maximum absolute atomic E-state index is 9.60. The second kappa shape index (κ2) is 9.66. The van der Waals surface area contributed by atoms with Gasteiger partial charge in [-0.05, 0) is 19.4 Å². The van der Waals surface area contributed by atoms with Crippen molar-refractivity contribution in [2.75, 3.05) is 0 Å². The van der Waals surface area contributed by atoms with E-state index in [-0.39, 0.29) is 5.57 Å². The minimum Gasteiger partial charge on any atom is -0.478 e. The third-order valence-electron chi connectivity index (χ3n) is 2.08. The summed E-state index contributed by atoms with van der Waals surface area (Å²) in [5.41, 5.74) is 2.60. The molecular weight excluding hydrogens is 236 g/mol. The van der Waals surface area contributed by atoms with Crippen molar-refractivity contribution in [3.05, 3.63) is 78.4 Å². The van der Waals surface area contributed by atoms with Gasteiger partial charge in [0.05, 0.1) is 0 Å². The summed E-state index contributed by atoms with van der Waals surface area (Å²) in [6, 6.07) is 10.2.